The van der Waals surface area contributed by atoms with Gasteiger partial charge in [0.25, 0.3) is 0 Å². The van der Waals surface area contributed by atoms with Gasteiger partial charge in [-0.15, -0.1) is 0 Å². The Kier molecular flexibility index (Phi) is 6.00. The molecule has 156 valence electrons. The number of anilines is 1. The van der Waals surface area contributed by atoms with Crippen LogP contribution in [0, 0.1) is 13.8 Å². The number of pyridine rings is 1. The van der Waals surface area contributed by atoms with Crippen LogP contribution in [0.1, 0.15) is 34.0 Å². The van der Waals surface area contributed by atoms with Crippen LogP contribution in [0.3, 0.4) is 0 Å². The van der Waals surface area contributed by atoms with Crippen molar-refractivity contribution in [2.45, 2.75) is 27.3 Å². The largest absolute Gasteiger partial charge is 0.462 e. The fraction of sp³-hybridized carbons (Fsp3) is 0.360. The topological polar surface area (TPSA) is 45.7 Å². The van der Waals surface area contributed by atoms with Gasteiger partial charge >= 0.3 is 5.97 Å². The number of piperazine rings is 1. The van der Waals surface area contributed by atoms with E-state index in [2.05, 4.69) is 71.1 Å². The summed E-state index contributed by atoms with van der Waals surface area (Å²) in [5, 5.41) is 1.07. The van der Waals surface area contributed by atoms with Gasteiger partial charge < -0.3 is 9.64 Å². The first kappa shape index (κ1) is 20.4. The molecule has 1 aliphatic rings. The highest BCUT2D eigenvalue weighted by Gasteiger charge is 2.26. The molecule has 0 radical (unpaired) electrons. The Morgan fingerprint density at radius 1 is 1.00 bits per heavy atom. The highest BCUT2D eigenvalue weighted by atomic mass is 16.5. The number of esters is 1. The maximum atomic E-state index is 12.8. The van der Waals surface area contributed by atoms with Crippen LogP contribution < -0.4 is 4.90 Å². The number of hydrogen-bond donors (Lipinski definition) is 0. The number of ether oxygens (including phenoxy) is 1. The number of benzene rings is 2. The molecular weight excluding hydrogens is 374 g/mol. The molecule has 4 rings (SSSR count). The fourth-order valence-electron chi connectivity index (χ4n) is 4.24. The van der Waals surface area contributed by atoms with Crippen LogP contribution in [-0.2, 0) is 11.3 Å². The number of fused-ring (bicyclic) bond motifs is 1. The zero-order valence-corrected chi connectivity index (χ0v) is 18.0. The van der Waals surface area contributed by atoms with Crippen LogP contribution >= 0.6 is 0 Å². The smallest absolute Gasteiger partial charge is 0.341 e. The molecule has 0 N–H and O–H groups in total. The standard InChI is InChI=1S/C25H29N3O2/c1-4-30-25(29)21-16-26-23-19(3)11-10-18(2)22(23)24(21)28-14-12-27(13-15-28)17-20-8-6-5-7-9-20/h5-11,16H,4,12-15,17H2,1-3H3. The molecular formula is C25H29N3O2. The highest BCUT2D eigenvalue weighted by Crippen LogP contribution is 2.34. The number of rotatable bonds is 5. The Balaban J connectivity index is 1.66. The Hall–Kier alpha value is -2.92. The summed E-state index contributed by atoms with van der Waals surface area (Å²) in [6, 6.07) is 14.8. The first-order valence-corrected chi connectivity index (χ1v) is 10.7. The van der Waals surface area contributed by atoms with Gasteiger partial charge in [0.05, 0.1) is 17.8 Å². The van der Waals surface area contributed by atoms with Crippen molar-refractivity contribution in [3.05, 3.63) is 70.9 Å². The van der Waals surface area contributed by atoms with Crippen molar-refractivity contribution < 1.29 is 9.53 Å². The summed E-state index contributed by atoms with van der Waals surface area (Å²) in [7, 11) is 0. The van der Waals surface area contributed by atoms with E-state index in [0.29, 0.717) is 12.2 Å². The number of carbonyl (C=O) groups excluding carboxylic acids is 1. The summed E-state index contributed by atoms with van der Waals surface area (Å²) >= 11 is 0. The monoisotopic (exact) mass is 403 g/mol. The second-order valence-corrected chi connectivity index (χ2v) is 7.91. The van der Waals surface area contributed by atoms with Crippen LogP contribution in [0.2, 0.25) is 0 Å². The molecule has 0 spiro atoms. The molecule has 30 heavy (non-hydrogen) atoms. The predicted molar refractivity (Wildman–Crippen MR) is 121 cm³/mol. The molecule has 5 nitrogen and oxygen atoms in total. The number of hydrogen-bond acceptors (Lipinski definition) is 5. The Bertz CT molecular complexity index is 1040. The second kappa shape index (κ2) is 8.84. The van der Waals surface area contributed by atoms with E-state index in [9.17, 15) is 4.79 Å². The summed E-state index contributed by atoms with van der Waals surface area (Å²) in [6.07, 6.45) is 1.69. The molecule has 1 fully saturated rings. The highest BCUT2D eigenvalue weighted by molar-refractivity contribution is 6.07. The van der Waals surface area contributed by atoms with Crippen LogP contribution in [0.25, 0.3) is 10.9 Å². The van der Waals surface area contributed by atoms with Gasteiger partial charge in [-0.2, -0.15) is 0 Å². The van der Waals surface area contributed by atoms with E-state index in [1.165, 1.54) is 5.56 Å². The van der Waals surface area contributed by atoms with Crippen molar-refractivity contribution in [2.24, 2.45) is 0 Å². The third-order valence-electron chi connectivity index (χ3n) is 5.84. The summed E-state index contributed by atoms with van der Waals surface area (Å²) in [6.45, 7) is 10.9. The maximum Gasteiger partial charge on any atom is 0.341 e. The molecule has 0 amide bonds. The number of carbonyl (C=O) groups is 1. The molecule has 0 saturated carbocycles. The number of nitrogens with zero attached hydrogens (tertiary/aromatic N) is 3. The Morgan fingerprint density at radius 2 is 1.70 bits per heavy atom. The second-order valence-electron chi connectivity index (χ2n) is 7.91. The first-order valence-electron chi connectivity index (χ1n) is 10.7. The minimum atomic E-state index is -0.297. The van der Waals surface area contributed by atoms with Crippen LogP contribution in [0.15, 0.2) is 48.7 Å². The normalized spacial score (nSPS) is 14.8. The minimum Gasteiger partial charge on any atom is -0.462 e. The molecule has 0 atom stereocenters. The molecule has 1 aromatic heterocycles. The van der Waals surface area contributed by atoms with E-state index in [1.807, 2.05) is 6.92 Å². The number of aryl methyl sites for hydroxylation is 2. The molecule has 1 saturated heterocycles. The van der Waals surface area contributed by atoms with Gasteiger partial charge in [0.1, 0.15) is 5.56 Å². The van der Waals surface area contributed by atoms with Gasteiger partial charge in [0.2, 0.25) is 0 Å². The van der Waals surface area contributed by atoms with Gasteiger partial charge in [-0.1, -0.05) is 42.5 Å². The molecule has 5 heteroatoms. The van der Waals surface area contributed by atoms with Crippen LogP contribution in [0.4, 0.5) is 5.69 Å². The third-order valence-corrected chi connectivity index (χ3v) is 5.84. The van der Waals surface area contributed by atoms with E-state index >= 15 is 0 Å². The molecule has 0 bridgehead atoms. The van der Waals surface area contributed by atoms with Gasteiger partial charge in [0, 0.05) is 44.3 Å². The van der Waals surface area contributed by atoms with Crippen LogP contribution in [0.5, 0.6) is 0 Å². The van der Waals surface area contributed by atoms with Crippen molar-refractivity contribution in [3.63, 3.8) is 0 Å². The third kappa shape index (κ3) is 4.03. The van der Waals surface area contributed by atoms with Crippen molar-refractivity contribution >= 4 is 22.6 Å². The molecule has 1 aliphatic heterocycles. The fourth-order valence-corrected chi connectivity index (χ4v) is 4.24. The quantitative estimate of drug-likeness (QED) is 0.593. The van der Waals surface area contributed by atoms with Gasteiger partial charge in [-0.05, 0) is 37.5 Å². The van der Waals surface area contributed by atoms with Crippen molar-refractivity contribution in [1.29, 1.82) is 0 Å². The zero-order chi connectivity index (χ0) is 21.1. The van der Waals surface area contributed by atoms with Gasteiger partial charge in [-0.3, -0.25) is 9.88 Å². The van der Waals surface area contributed by atoms with E-state index in [4.69, 9.17) is 4.74 Å². The summed E-state index contributed by atoms with van der Waals surface area (Å²) in [4.78, 5) is 22.2. The lowest BCUT2D eigenvalue weighted by Gasteiger charge is -2.37. The average molecular weight is 404 g/mol. The first-order chi connectivity index (χ1) is 14.6. The minimum absolute atomic E-state index is 0.297. The van der Waals surface area contributed by atoms with E-state index < -0.39 is 0 Å². The molecule has 0 unspecified atom stereocenters. The average Bonchev–Trinajstić information content (AvgIpc) is 2.77. The van der Waals surface area contributed by atoms with Crippen molar-refractivity contribution in [1.82, 2.24) is 9.88 Å². The van der Waals surface area contributed by atoms with E-state index in [0.717, 1.165) is 60.4 Å². The molecule has 2 aromatic carbocycles. The molecule has 3 aromatic rings. The Morgan fingerprint density at radius 3 is 2.40 bits per heavy atom. The lowest BCUT2D eigenvalue weighted by atomic mass is 10.00. The van der Waals surface area contributed by atoms with E-state index in [1.54, 1.807) is 6.20 Å². The molecule has 0 aliphatic carbocycles. The summed E-state index contributed by atoms with van der Waals surface area (Å²) < 4.78 is 5.36. The predicted octanol–water partition coefficient (Wildman–Crippen LogP) is 4.35. The number of aromatic nitrogens is 1. The van der Waals surface area contributed by atoms with Crippen LogP contribution in [-0.4, -0.2) is 48.6 Å². The summed E-state index contributed by atoms with van der Waals surface area (Å²) in [5.74, 6) is -0.297. The zero-order valence-electron chi connectivity index (χ0n) is 18.0. The lowest BCUT2D eigenvalue weighted by molar-refractivity contribution is 0.0526. The maximum absolute atomic E-state index is 12.8. The molecule has 2 heterocycles. The van der Waals surface area contributed by atoms with Crippen molar-refractivity contribution in [3.8, 4) is 0 Å². The Labute approximate surface area is 178 Å². The van der Waals surface area contributed by atoms with E-state index in [-0.39, 0.29) is 5.97 Å². The van der Waals surface area contributed by atoms with Crippen molar-refractivity contribution in [2.75, 3.05) is 37.7 Å². The van der Waals surface area contributed by atoms with Gasteiger partial charge in [-0.25, -0.2) is 4.79 Å². The lowest BCUT2D eigenvalue weighted by Crippen LogP contribution is -2.46. The SMILES string of the molecule is CCOC(=O)c1cnc2c(C)ccc(C)c2c1N1CCN(Cc2ccccc2)CC1. The van der Waals surface area contributed by atoms with Gasteiger partial charge in [0.15, 0.2) is 0 Å². The summed E-state index contributed by atoms with van der Waals surface area (Å²) in [5.41, 5.74) is 6.09.